The molecule has 0 unspecified atom stereocenters. The Labute approximate surface area is 121 Å². The first-order valence-electron chi connectivity index (χ1n) is 7.20. The van der Waals surface area contributed by atoms with E-state index in [4.69, 9.17) is 4.74 Å². The first-order chi connectivity index (χ1) is 9.99. The molecule has 7 heteroatoms. The Morgan fingerprint density at radius 1 is 1.52 bits per heavy atom. The van der Waals surface area contributed by atoms with Crippen LogP contribution in [0.3, 0.4) is 0 Å². The zero-order valence-corrected chi connectivity index (χ0v) is 11.7. The fourth-order valence-electron chi connectivity index (χ4n) is 3.85. The summed E-state index contributed by atoms with van der Waals surface area (Å²) in [5.74, 6) is -2.22. The van der Waals surface area contributed by atoms with E-state index in [-0.39, 0.29) is 24.1 Å². The van der Waals surface area contributed by atoms with Crippen LogP contribution in [0.5, 0.6) is 0 Å². The predicted molar refractivity (Wildman–Crippen MR) is 70.0 cm³/mol. The van der Waals surface area contributed by atoms with E-state index in [1.54, 1.807) is 0 Å². The van der Waals surface area contributed by atoms with E-state index < -0.39 is 30.1 Å². The summed E-state index contributed by atoms with van der Waals surface area (Å²) in [4.78, 5) is 25.0. The maximum Gasteiger partial charge on any atom is 0.352 e. The quantitative estimate of drug-likeness (QED) is 0.594. The largest absolute Gasteiger partial charge is 0.477 e. The van der Waals surface area contributed by atoms with Gasteiger partial charge in [-0.3, -0.25) is 9.69 Å². The molecule has 0 aromatic rings. The van der Waals surface area contributed by atoms with Gasteiger partial charge in [0.25, 0.3) is 0 Å². The maximum atomic E-state index is 12.2. The Hall–Kier alpha value is -1.44. The molecule has 3 aliphatic heterocycles. The molecule has 0 aliphatic carbocycles. The number of aliphatic carboxylic acids is 1. The number of ether oxygens (including phenoxy) is 1. The lowest BCUT2D eigenvalue weighted by Gasteiger charge is -2.47. The molecule has 0 saturated carbocycles. The number of carboxylic acids is 1. The highest BCUT2D eigenvalue weighted by molar-refractivity contribution is 6.00. The summed E-state index contributed by atoms with van der Waals surface area (Å²) in [5, 5.41) is 28.4. The molecule has 0 spiro atoms. The number of aliphatic hydroxyl groups is 2. The number of carboxylic acid groups (broad SMARTS) is 1. The van der Waals surface area contributed by atoms with Crippen molar-refractivity contribution in [3.05, 3.63) is 11.3 Å². The highest BCUT2D eigenvalue weighted by Crippen LogP contribution is 2.49. The topological polar surface area (TPSA) is 107 Å². The van der Waals surface area contributed by atoms with Gasteiger partial charge in [0.1, 0.15) is 11.8 Å². The standard InChI is InChI=1S/C14H19NO6/c1-6(17)8-10-12-9(7(2-4-16)3-5-21-12)11(14(19)20)15(10)13(8)18/h6-8,10,12,16-17H,2-5H2,1H3,(H,19,20)/t6-,7+,8-,10+,12+/m1/s1. The third-order valence-electron chi connectivity index (χ3n) is 4.72. The highest BCUT2D eigenvalue weighted by Gasteiger charge is 2.63. The van der Waals surface area contributed by atoms with Crippen molar-refractivity contribution < 1.29 is 29.6 Å². The molecule has 0 aromatic heterocycles. The van der Waals surface area contributed by atoms with Crippen LogP contribution in [-0.2, 0) is 14.3 Å². The third kappa shape index (κ3) is 1.91. The van der Waals surface area contributed by atoms with Crippen LogP contribution in [0.1, 0.15) is 19.8 Å². The summed E-state index contributed by atoms with van der Waals surface area (Å²) >= 11 is 0. The van der Waals surface area contributed by atoms with Gasteiger partial charge in [-0.25, -0.2) is 4.79 Å². The molecule has 0 bridgehead atoms. The zero-order chi connectivity index (χ0) is 15.3. The number of β-lactam (4-membered cyclic amide) rings is 1. The van der Waals surface area contributed by atoms with E-state index in [2.05, 4.69) is 0 Å². The summed E-state index contributed by atoms with van der Waals surface area (Å²) in [6, 6.07) is -0.430. The fourth-order valence-corrected chi connectivity index (χ4v) is 3.85. The number of carbonyl (C=O) groups excluding carboxylic acids is 1. The van der Waals surface area contributed by atoms with E-state index in [1.807, 2.05) is 0 Å². The normalized spacial score (nSPS) is 36.1. The van der Waals surface area contributed by atoms with Gasteiger partial charge in [0, 0.05) is 13.2 Å². The monoisotopic (exact) mass is 297 g/mol. The Kier molecular flexibility index (Phi) is 3.51. The number of carbonyl (C=O) groups is 2. The van der Waals surface area contributed by atoms with E-state index >= 15 is 0 Å². The van der Waals surface area contributed by atoms with Gasteiger partial charge >= 0.3 is 5.97 Å². The van der Waals surface area contributed by atoms with Crippen LogP contribution in [0, 0.1) is 11.8 Å². The van der Waals surface area contributed by atoms with Gasteiger partial charge in [0.2, 0.25) is 5.91 Å². The zero-order valence-electron chi connectivity index (χ0n) is 11.7. The summed E-state index contributed by atoms with van der Waals surface area (Å²) in [5.41, 5.74) is 0.592. The average molecular weight is 297 g/mol. The molecule has 116 valence electrons. The van der Waals surface area contributed by atoms with Gasteiger partial charge in [-0.05, 0) is 31.3 Å². The van der Waals surface area contributed by atoms with E-state index in [1.165, 1.54) is 11.8 Å². The average Bonchev–Trinajstić information content (AvgIpc) is 2.70. The molecule has 0 radical (unpaired) electrons. The minimum absolute atomic E-state index is 0.00921. The lowest BCUT2D eigenvalue weighted by molar-refractivity contribution is -0.168. The number of nitrogens with zero attached hydrogens (tertiary/aromatic N) is 1. The van der Waals surface area contributed by atoms with Crippen molar-refractivity contribution in [2.24, 2.45) is 11.8 Å². The van der Waals surface area contributed by atoms with Gasteiger partial charge in [-0.15, -0.1) is 0 Å². The molecule has 21 heavy (non-hydrogen) atoms. The molecule has 3 heterocycles. The third-order valence-corrected chi connectivity index (χ3v) is 4.72. The van der Waals surface area contributed by atoms with Crippen molar-refractivity contribution in [1.29, 1.82) is 0 Å². The van der Waals surface area contributed by atoms with Crippen LogP contribution in [0.25, 0.3) is 0 Å². The summed E-state index contributed by atoms with van der Waals surface area (Å²) < 4.78 is 5.71. The minimum Gasteiger partial charge on any atom is -0.477 e. The number of aliphatic hydroxyl groups excluding tert-OH is 2. The highest BCUT2D eigenvalue weighted by atomic mass is 16.5. The minimum atomic E-state index is -1.15. The lowest BCUT2D eigenvalue weighted by atomic mass is 9.78. The molecule has 0 aromatic carbocycles. The summed E-state index contributed by atoms with van der Waals surface area (Å²) in [7, 11) is 0. The van der Waals surface area contributed by atoms with Gasteiger partial charge in [-0.1, -0.05) is 0 Å². The first kappa shape index (κ1) is 14.5. The van der Waals surface area contributed by atoms with Crippen LogP contribution in [0.2, 0.25) is 0 Å². The van der Waals surface area contributed by atoms with Crippen LogP contribution in [-0.4, -0.2) is 63.6 Å². The number of hydrogen-bond donors (Lipinski definition) is 3. The van der Waals surface area contributed by atoms with Crippen molar-refractivity contribution in [1.82, 2.24) is 4.90 Å². The number of fused-ring (bicyclic) bond motifs is 3. The number of amides is 1. The molecule has 5 atom stereocenters. The van der Waals surface area contributed by atoms with Crippen molar-refractivity contribution in [2.45, 2.75) is 38.0 Å². The molecular weight excluding hydrogens is 278 g/mol. The smallest absolute Gasteiger partial charge is 0.352 e. The Morgan fingerprint density at radius 2 is 2.24 bits per heavy atom. The molecule has 3 rings (SSSR count). The second-order valence-electron chi connectivity index (χ2n) is 5.86. The van der Waals surface area contributed by atoms with Crippen molar-refractivity contribution >= 4 is 11.9 Å². The molecule has 3 N–H and O–H groups in total. The predicted octanol–water partition coefficient (Wildman–Crippen LogP) is -0.666. The second-order valence-corrected chi connectivity index (χ2v) is 5.86. The number of hydrogen-bond acceptors (Lipinski definition) is 5. The van der Waals surface area contributed by atoms with Crippen LogP contribution in [0.4, 0.5) is 0 Å². The summed E-state index contributed by atoms with van der Waals surface area (Å²) in [6.45, 7) is 1.97. The van der Waals surface area contributed by atoms with E-state index in [0.29, 0.717) is 25.0 Å². The SMILES string of the molecule is C[C@@H](O)[C@H]1C(=O)N2C(C(=O)O)=C3[C@@H](CCO)CCO[C@@H]3[C@H]12. The Morgan fingerprint density at radius 3 is 2.81 bits per heavy atom. The molecular formula is C14H19NO6. The van der Waals surface area contributed by atoms with Crippen LogP contribution >= 0.6 is 0 Å². The van der Waals surface area contributed by atoms with Gasteiger partial charge in [0.05, 0.1) is 18.1 Å². The second kappa shape index (κ2) is 5.08. The maximum absolute atomic E-state index is 12.2. The van der Waals surface area contributed by atoms with Crippen molar-refractivity contribution in [3.63, 3.8) is 0 Å². The Balaban J connectivity index is 2.01. The van der Waals surface area contributed by atoms with Gasteiger partial charge in [-0.2, -0.15) is 0 Å². The van der Waals surface area contributed by atoms with Crippen molar-refractivity contribution in [3.8, 4) is 0 Å². The molecule has 1 amide bonds. The first-order valence-corrected chi connectivity index (χ1v) is 7.20. The van der Waals surface area contributed by atoms with Gasteiger partial charge < -0.3 is 20.1 Å². The van der Waals surface area contributed by atoms with E-state index in [9.17, 15) is 24.9 Å². The lowest BCUT2D eigenvalue weighted by Crippen LogP contribution is -2.65. The van der Waals surface area contributed by atoms with E-state index in [0.717, 1.165) is 0 Å². The molecule has 7 nitrogen and oxygen atoms in total. The number of rotatable bonds is 4. The molecule has 2 saturated heterocycles. The Bertz CT molecular complexity index is 512. The van der Waals surface area contributed by atoms with Crippen LogP contribution in [0.15, 0.2) is 11.3 Å². The molecule has 2 fully saturated rings. The molecule has 3 aliphatic rings. The van der Waals surface area contributed by atoms with Crippen molar-refractivity contribution in [2.75, 3.05) is 13.2 Å². The van der Waals surface area contributed by atoms with Crippen LogP contribution < -0.4 is 0 Å². The fraction of sp³-hybridized carbons (Fsp3) is 0.714. The van der Waals surface area contributed by atoms with Gasteiger partial charge in [0.15, 0.2) is 0 Å². The summed E-state index contributed by atoms with van der Waals surface area (Å²) in [6.07, 6.45) is -0.217.